The van der Waals surface area contributed by atoms with Gasteiger partial charge in [-0.15, -0.1) is 0 Å². The fourth-order valence-corrected chi connectivity index (χ4v) is 2.61. The third-order valence-electron chi connectivity index (χ3n) is 2.58. The molecule has 2 rings (SSSR count). The van der Waals surface area contributed by atoms with Gasteiger partial charge in [0.1, 0.15) is 0 Å². The van der Waals surface area contributed by atoms with Crippen LogP contribution in [0.5, 0.6) is 0 Å². The third kappa shape index (κ3) is 3.38. The summed E-state index contributed by atoms with van der Waals surface area (Å²) in [5.41, 5.74) is 3.33. The predicted molar refractivity (Wildman–Crippen MR) is 84.6 cm³/mol. The fraction of sp³-hybridized carbons (Fsp3) is 0.0667. The number of allylic oxidation sites excluding steroid dienone is 1. The van der Waals surface area contributed by atoms with E-state index in [4.69, 9.17) is 23.2 Å². The van der Waals surface area contributed by atoms with Gasteiger partial charge in [0.05, 0.1) is 0 Å². The Kier molecular flexibility index (Phi) is 4.87. The van der Waals surface area contributed by atoms with E-state index in [0.29, 0.717) is 10.0 Å². The molecule has 0 unspecified atom stereocenters. The van der Waals surface area contributed by atoms with Crippen LogP contribution in [-0.4, -0.2) is 5.33 Å². The number of halogens is 3. The minimum absolute atomic E-state index is 0.650. The molecule has 3 heteroatoms. The second kappa shape index (κ2) is 6.42. The molecule has 18 heavy (non-hydrogen) atoms. The van der Waals surface area contributed by atoms with Gasteiger partial charge in [0.15, 0.2) is 0 Å². The molecule has 0 aliphatic heterocycles. The van der Waals surface area contributed by atoms with E-state index in [2.05, 4.69) is 34.1 Å². The minimum atomic E-state index is 0.650. The van der Waals surface area contributed by atoms with Crippen molar-refractivity contribution in [2.45, 2.75) is 0 Å². The van der Waals surface area contributed by atoms with Crippen LogP contribution < -0.4 is 0 Å². The number of alkyl halides is 1. The largest absolute Gasteiger partial charge is 0.0876 e. The lowest BCUT2D eigenvalue weighted by Crippen LogP contribution is -1.86. The first kappa shape index (κ1) is 13.7. The van der Waals surface area contributed by atoms with E-state index in [1.165, 1.54) is 11.1 Å². The molecule has 2 aromatic rings. The summed E-state index contributed by atoms with van der Waals surface area (Å²) in [5, 5.41) is 2.09. The summed E-state index contributed by atoms with van der Waals surface area (Å²) in [4.78, 5) is 0. The van der Waals surface area contributed by atoms with Crippen molar-refractivity contribution in [3.8, 4) is 0 Å². The SMILES string of the molecule is Clc1ccc(/C=C(\CBr)c2ccccc2)c(Cl)c1. The van der Waals surface area contributed by atoms with Gasteiger partial charge in [0, 0.05) is 15.4 Å². The molecule has 0 heterocycles. The van der Waals surface area contributed by atoms with E-state index in [1.807, 2.05) is 30.3 Å². The monoisotopic (exact) mass is 340 g/mol. The summed E-state index contributed by atoms with van der Waals surface area (Å²) in [6.07, 6.45) is 2.07. The van der Waals surface area contributed by atoms with Crippen molar-refractivity contribution < 1.29 is 0 Å². The molecule has 0 aliphatic rings. The van der Waals surface area contributed by atoms with Crippen molar-refractivity contribution in [3.63, 3.8) is 0 Å². The van der Waals surface area contributed by atoms with Crippen LogP contribution in [0.1, 0.15) is 11.1 Å². The Balaban J connectivity index is 2.41. The molecule has 0 nitrogen and oxygen atoms in total. The zero-order valence-electron chi connectivity index (χ0n) is 9.54. The number of hydrogen-bond donors (Lipinski definition) is 0. The highest BCUT2D eigenvalue weighted by molar-refractivity contribution is 9.09. The Bertz CT molecular complexity index is 562. The third-order valence-corrected chi connectivity index (χ3v) is 3.75. The fourth-order valence-electron chi connectivity index (χ4n) is 1.66. The molecule has 0 N–H and O–H groups in total. The number of rotatable bonds is 3. The van der Waals surface area contributed by atoms with Crippen molar-refractivity contribution in [1.82, 2.24) is 0 Å². The van der Waals surface area contributed by atoms with Crippen molar-refractivity contribution >= 4 is 50.8 Å². The van der Waals surface area contributed by atoms with Crippen molar-refractivity contribution in [2.24, 2.45) is 0 Å². The highest BCUT2D eigenvalue weighted by atomic mass is 79.9. The van der Waals surface area contributed by atoms with Crippen LogP contribution in [0.25, 0.3) is 11.6 Å². The molecule has 0 aliphatic carbocycles. The van der Waals surface area contributed by atoms with E-state index in [-0.39, 0.29) is 0 Å². The lowest BCUT2D eigenvalue weighted by molar-refractivity contribution is 1.58. The summed E-state index contributed by atoms with van der Waals surface area (Å²) in [6, 6.07) is 15.7. The van der Waals surface area contributed by atoms with Crippen LogP contribution in [-0.2, 0) is 0 Å². The smallest absolute Gasteiger partial charge is 0.0493 e. The van der Waals surface area contributed by atoms with Gasteiger partial charge in [-0.05, 0) is 34.9 Å². The van der Waals surface area contributed by atoms with Gasteiger partial charge in [-0.3, -0.25) is 0 Å². The van der Waals surface area contributed by atoms with Gasteiger partial charge in [0.25, 0.3) is 0 Å². The lowest BCUT2D eigenvalue weighted by atomic mass is 10.0. The zero-order valence-corrected chi connectivity index (χ0v) is 12.6. The molecular formula is C15H11BrCl2. The first-order valence-electron chi connectivity index (χ1n) is 5.47. The number of hydrogen-bond acceptors (Lipinski definition) is 0. The minimum Gasteiger partial charge on any atom is -0.0876 e. The predicted octanol–water partition coefficient (Wildman–Crippen LogP) is 5.93. The Hall–Kier alpha value is -0.760. The molecule has 92 valence electrons. The standard InChI is InChI=1S/C15H11BrCl2/c16-10-13(11-4-2-1-3-5-11)8-12-6-7-14(17)9-15(12)18/h1-9H,10H2/b13-8+. The summed E-state index contributed by atoms with van der Waals surface area (Å²) in [6.45, 7) is 0. The van der Waals surface area contributed by atoms with Crippen LogP contribution in [0.4, 0.5) is 0 Å². The first-order valence-corrected chi connectivity index (χ1v) is 7.35. The highest BCUT2D eigenvalue weighted by Gasteiger charge is 2.03. The summed E-state index contributed by atoms with van der Waals surface area (Å²) >= 11 is 15.6. The Morgan fingerprint density at radius 3 is 2.39 bits per heavy atom. The summed E-state index contributed by atoms with van der Waals surface area (Å²) in [5.74, 6) is 0. The van der Waals surface area contributed by atoms with Gasteiger partial charge in [-0.1, -0.05) is 75.5 Å². The maximum absolute atomic E-state index is 6.17. The Morgan fingerprint density at radius 2 is 1.78 bits per heavy atom. The Labute approximate surface area is 125 Å². The van der Waals surface area contributed by atoms with E-state index in [0.717, 1.165) is 10.9 Å². The molecule has 0 fully saturated rings. The molecule has 2 aromatic carbocycles. The summed E-state index contributed by atoms with van der Waals surface area (Å²) in [7, 11) is 0. The van der Waals surface area contributed by atoms with E-state index in [1.54, 1.807) is 6.07 Å². The molecule has 0 amide bonds. The average molecular weight is 342 g/mol. The normalized spacial score (nSPS) is 11.6. The van der Waals surface area contributed by atoms with Crippen LogP contribution in [0.2, 0.25) is 10.0 Å². The lowest BCUT2D eigenvalue weighted by Gasteiger charge is -2.06. The molecular weight excluding hydrogens is 331 g/mol. The van der Waals surface area contributed by atoms with Crippen LogP contribution >= 0.6 is 39.1 Å². The van der Waals surface area contributed by atoms with Gasteiger partial charge >= 0.3 is 0 Å². The zero-order chi connectivity index (χ0) is 13.0. The molecule has 0 spiro atoms. The van der Waals surface area contributed by atoms with E-state index < -0.39 is 0 Å². The molecule has 0 radical (unpaired) electrons. The molecule has 0 saturated heterocycles. The highest BCUT2D eigenvalue weighted by Crippen LogP contribution is 2.26. The molecule has 0 saturated carbocycles. The van der Waals surface area contributed by atoms with Crippen LogP contribution in [0.3, 0.4) is 0 Å². The maximum atomic E-state index is 6.17. The van der Waals surface area contributed by atoms with Gasteiger partial charge in [-0.25, -0.2) is 0 Å². The topological polar surface area (TPSA) is 0 Å². The quantitative estimate of drug-likeness (QED) is 0.479. The van der Waals surface area contributed by atoms with Gasteiger partial charge in [-0.2, -0.15) is 0 Å². The van der Waals surface area contributed by atoms with Crippen molar-refractivity contribution in [1.29, 1.82) is 0 Å². The van der Waals surface area contributed by atoms with Crippen LogP contribution in [0.15, 0.2) is 48.5 Å². The summed E-state index contributed by atoms with van der Waals surface area (Å²) < 4.78 is 0. The molecule has 0 atom stereocenters. The molecule has 0 bridgehead atoms. The van der Waals surface area contributed by atoms with Crippen molar-refractivity contribution in [3.05, 3.63) is 69.7 Å². The molecule has 0 aromatic heterocycles. The first-order chi connectivity index (χ1) is 8.70. The second-order valence-electron chi connectivity index (χ2n) is 3.84. The number of benzene rings is 2. The van der Waals surface area contributed by atoms with Gasteiger partial charge < -0.3 is 0 Å². The van der Waals surface area contributed by atoms with Crippen molar-refractivity contribution in [2.75, 3.05) is 5.33 Å². The van der Waals surface area contributed by atoms with Crippen LogP contribution in [0, 0.1) is 0 Å². The maximum Gasteiger partial charge on any atom is 0.0493 e. The van der Waals surface area contributed by atoms with E-state index in [9.17, 15) is 0 Å². The van der Waals surface area contributed by atoms with Gasteiger partial charge in [0.2, 0.25) is 0 Å². The second-order valence-corrected chi connectivity index (χ2v) is 5.24. The van der Waals surface area contributed by atoms with E-state index >= 15 is 0 Å². The average Bonchev–Trinajstić information content (AvgIpc) is 2.39. The Morgan fingerprint density at radius 1 is 1.06 bits per heavy atom.